The minimum atomic E-state index is -0.251. The second kappa shape index (κ2) is 7.45. The van der Waals surface area contributed by atoms with E-state index in [1.54, 1.807) is 16.7 Å². The minimum Gasteiger partial charge on any atom is -0.379 e. The number of amides is 2. The number of carbonyl (C=O) groups excluding carboxylic acids is 1. The molecule has 1 aromatic rings. The summed E-state index contributed by atoms with van der Waals surface area (Å²) in [5.41, 5.74) is 0.741. The number of hydrogen-bond donors (Lipinski definition) is 2. The molecule has 122 valence electrons. The Bertz CT molecular complexity index is 562. The molecule has 0 spiro atoms. The Morgan fingerprint density at radius 2 is 2.23 bits per heavy atom. The maximum atomic E-state index is 11.8. The summed E-state index contributed by atoms with van der Waals surface area (Å²) in [6, 6.07) is 5.12. The highest BCUT2D eigenvalue weighted by atomic mass is 16.5. The molecule has 2 amide bonds. The molecule has 0 radical (unpaired) electrons. The van der Waals surface area contributed by atoms with Crippen molar-refractivity contribution in [2.45, 2.75) is 45.2 Å². The molecular formula is C16H25N3O3. The normalized spacial score (nSPS) is 20.8. The van der Waals surface area contributed by atoms with E-state index in [1.807, 2.05) is 19.9 Å². The van der Waals surface area contributed by atoms with Crippen LogP contribution in [0.5, 0.6) is 0 Å². The van der Waals surface area contributed by atoms with Crippen LogP contribution >= 0.6 is 0 Å². The van der Waals surface area contributed by atoms with Gasteiger partial charge in [-0.05, 0) is 39.2 Å². The van der Waals surface area contributed by atoms with Gasteiger partial charge in [-0.25, -0.2) is 4.79 Å². The lowest BCUT2D eigenvalue weighted by Gasteiger charge is -2.23. The van der Waals surface area contributed by atoms with E-state index in [0.717, 1.165) is 25.0 Å². The van der Waals surface area contributed by atoms with Gasteiger partial charge in [0.1, 0.15) is 0 Å². The molecule has 0 aliphatic carbocycles. The summed E-state index contributed by atoms with van der Waals surface area (Å²) in [6.07, 6.45) is 2.53. The molecule has 1 saturated heterocycles. The molecule has 2 heterocycles. The molecule has 1 fully saturated rings. The fourth-order valence-electron chi connectivity index (χ4n) is 2.59. The molecule has 1 aliphatic rings. The predicted octanol–water partition coefficient (Wildman–Crippen LogP) is 1.42. The fraction of sp³-hybridized carbons (Fsp3) is 0.625. The van der Waals surface area contributed by atoms with Gasteiger partial charge in [-0.1, -0.05) is 6.07 Å². The smallest absolute Gasteiger partial charge is 0.315 e. The van der Waals surface area contributed by atoms with Crippen molar-refractivity contribution >= 4 is 6.03 Å². The zero-order valence-corrected chi connectivity index (χ0v) is 13.4. The molecule has 2 rings (SSSR count). The van der Waals surface area contributed by atoms with Crippen LogP contribution in [0.15, 0.2) is 23.0 Å². The van der Waals surface area contributed by atoms with E-state index in [0.29, 0.717) is 26.3 Å². The Hall–Kier alpha value is -1.82. The van der Waals surface area contributed by atoms with Crippen molar-refractivity contribution in [3.05, 3.63) is 34.2 Å². The molecule has 6 heteroatoms. The number of nitrogens with one attached hydrogen (secondary N) is 2. The van der Waals surface area contributed by atoms with Crippen LogP contribution in [-0.4, -0.2) is 35.9 Å². The Kier molecular flexibility index (Phi) is 5.60. The lowest BCUT2D eigenvalue weighted by atomic mass is 10.0. The van der Waals surface area contributed by atoms with Gasteiger partial charge < -0.3 is 19.9 Å². The number of unbranched alkanes of at least 4 members (excludes halogenated alkanes) is 1. The monoisotopic (exact) mass is 307 g/mol. The van der Waals surface area contributed by atoms with Gasteiger partial charge in [-0.3, -0.25) is 4.79 Å². The number of aryl methyl sites for hydroxylation is 1. The SMILES string of the molecule is Cc1cccc(=O)n1CCCCNC(=O)N[C@]1(C)CCOC1. The molecule has 0 unspecified atom stereocenters. The van der Waals surface area contributed by atoms with E-state index < -0.39 is 0 Å². The molecule has 0 bridgehead atoms. The summed E-state index contributed by atoms with van der Waals surface area (Å²) >= 11 is 0. The number of ether oxygens (including phenoxy) is 1. The van der Waals surface area contributed by atoms with E-state index in [9.17, 15) is 9.59 Å². The van der Waals surface area contributed by atoms with Crippen molar-refractivity contribution < 1.29 is 9.53 Å². The molecule has 0 saturated carbocycles. The summed E-state index contributed by atoms with van der Waals surface area (Å²) in [5.74, 6) is 0. The van der Waals surface area contributed by atoms with Gasteiger partial charge in [0.2, 0.25) is 0 Å². The van der Waals surface area contributed by atoms with E-state index >= 15 is 0 Å². The number of pyridine rings is 1. The highest BCUT2D eigenvalue weighted by Gasteiger charge is 2.30. The number of carbonyl (C=O) groups is 1. The van der Waals surface area contributed by atoms with Crippen molar-refractivity contribution in [1.29, 1.82) is 0 Å². The lowest BCUT2D eigenvalue weighted by molar-refractivity contribution is 0.170. The van der Waals surface area contributed by atoms with E-state index in [4.69, 9.17) is 4.74 Å². The van der Waals surface area contributed by atoms with Gasteiger partial charge in [0.05, 0.1) is 12.1 Å². The highest BCUT2D eigenvalue weighted by Crippen LogP contribution is 2.16. The highest BCUT2D eigenvalue weighted by molar-refractivity contribution is 5.74. The minimum absolute atomic E-state index is 0.0276. The third kappa shape index (κ3) is 4.59. The first-order valence-corrected chi connectivity index (χ1v) is 7.80. The van der Waals surface area contributed by atoms with Crippen molar-refractivity contribution in [2.75, 3.05) is 19.8 Å². The van der Waals surface area contributed by atoms with Crippen LogP contribution < -0.4 is 16.2 Å². The third-order valence-electron chi connectivity index (χ3n) is 4.00. The molecular weight excluding hydrogens is 282 g/mol. The quantitative estimate of drug-likeness (QED) is 0.781. The Labute approximate surface area is 130 Å². The van der Waals surface area contributed by atoms with Crippen molar-refractivity contribution in [3.63, 3.8) is 0 Å². The number of urea groups is 1. The van der Waals surface area contributed by atoms with Gasteiger partial charge in [-0.2, -0.15) is 0 Å². The van der Waals surface area contributed by atoms with Crippen LogP contribution in [0.4, 0.5) is 4.79 Å². The summed E-state index contributed by atoms with van der Waals surface area (Å²) < 4.78 is 7.06. The summed E-state index contributed by atoms with van der Waals surface area (Å²) in [4.78, 5) is 23.5. The maximum absolute atomic E-state index is 11.8. The number of rotatable bonds is 6. The van der Waals surface area contributed by atoms with Crippen LogP contribution in [0, 0.1) is 6.92 Å². The summed E-state index contributed by atoms with van der Waals surface area (Å²) in [5, 5.41) is 5.81. The van der Waals surface area contributed by atoms with Gasteiger partial charge in [0, 0.05) is 31.5 Å². The number of aromatic nitrogens is 1. The average Bonchev–Trinajstić information content (AvgIpc) is 2.87. The zero-order chi connectivity index (χ0) is 16.0. The Morgan fingerprint density at radius 1 is 1.41 bits per heavy atom. The van der Waals surface area contributed by atoms with Crippen molar-refractivity contribution in [3.8, 4) is 0 Å². The van der Waals surface area contributed by atoms with Gasteiger partial charge in [0.25, 0.3) is 5.56 Å². The third-order valence-corrected chi connectivity index (χ3v) is 4.00. The molecule has 6 nitrogen and oxygen atoms in total. The van der Waals surface area contributed by atoms with Crippen LogP contribution in [0.3, 0.4) is 0 Å². The van der Waals surface area contributed by atoms with Gasteiger partial charge in [-0.15, -0.1) is 0 Å². The Balaban J connectivity index is 1.65. The van der Waals surface area contributed by atoms with Crippen LogP contribution in [-0.2, 0) is 11.3 Å². The summed E-state index contributed by atoms with van der Waals surface area (Å²) in [7, 11) is 0. The van der Waals surface area contributed by atoms with E-state index in [-0.39, 0.29) is 17.1 Å². The predicted molar refractivity (Wildman–Crippen MR) is 85.0 cm³/mol. The molecule has 1 aromatic heterocycles. The van der Waals surface area contributed by atoms with Gasteiger partial charge in [0.15, 0.2) is 0 Å². The maximum Gasteiger partial charge on any atom is 0.315 e. The second-order valence-electron chi connectivity index (χ2n) is 6.11. The standard InChI is InChI=1S/C16H25N3O3/c1-13-6-5-7-14(20)19(13)10-4-3-9-17-15(21)18-16(2)8-11-22-12-16/h5-7H,3-4,8-12H2,1-2H3,(H2,17,18,21)/t16-/m1/s1. The summed E-state index contributed by atoms with van der Waals surface area (Å²) in [6.45, 7) is 6.46. The number of nitrogens with zero attached hydrogens (tertiary/aromatic N) is 1. The van der Waals surface area contributed by atoms with Crippen molar-refractivity contribution in [1.82, 2.24) is 15.2 Å². The Morgan fingerprint density at radius 3 is 2.91 bits per heavy atom. The van der Waals surface area contributed by atoms with E-state index in [2.05, 4.69) is 10.6 Å². The van der Waals surface area contributed by atoms with Gasteiger partial charge >= 0.3 is 6.03 Å². The van der Waals surface area contributed by atoms with E-state index in [1.165, 1.54) is 0 Å². The first-order chi connectivity index (χ1) is 10.5. The van der Waals surface area contributed by atoms with Crippen LogP contribution in [0.2, 0.25) is 0 Å². The zero-order valence-electron chi connectivity index (χ0n) is 13.4. The first-order valence-electron chi connectivity index (χ1n) is 7.80. The first kappa shape index (κ1) is 16.5. The molecule has 1 aliphatic heterocycles. The molecule has 0 aromatic carbocycles. The largest absolute Gasteiger partial charge is 0.379 e. The number of hydrogen-bond acceptors (Lipinski definition) is 3. The topological polar surface area (TPSA) is 72.4 Å². The molecule has 1 atom stereocenters. The van der Waals surface area contributed by atoms with Crippen LogP contribution in [0.1, 0.15) is 31.9 Å². The van der Waals surface area contributed by atoms with Crippen LogP contribution in [0.25, 0.3) is 0 Å². The fourth-order valence-corrected chi connectivity index (χ4v) is 2.59. The second-order valence-corrected chi connectivity index (χ2v) is 6.11. The average molecular weight is 307 g/mol. The lowest BCUT2D eigenvalue weighted by Crippen LogP contribution is -2.50. The molecule has 22 heavy (non-hydrogen) atoms. The van der Waals surface area contributed by atoms with Crippen molar-refractivity contribution in [2.24, 2.45) is 0 Å². The molecule has 2 N–H and O–H groups in total.